The molecule has 1 saturated carbocycles. The minimum Gasteiger partial charge on any atom is -0.325 e. The van der Waals surface area contributed by atoms with E-state index in [1.807, 2.05) is 0 Å². The summed E-state index contributed by atoms with van der Waals surface area (Å²) in [5, 5.41) is 4.30. The van der Waals surface area contributed by atoms with Gasteiger partial charge in [-0.2, -0.15) is 11.3 Å². The Bertz CT molecular complexity index is 211. The third-order valence-electron chi connectivity index (χ3n) is 2.03. The van der Waals surface area contributed by atoms with E-state index in [0.717, 1.165) is 6.42 Å². The number of thiophene rings is 1. The average molecular weight is 153 g/mol. The zero-order valence-electron chi connectivity index (χ0n) is 5.84. The van der Waals surface area contributed by atoms with Crippen molar-refractivity contribution in [3.63, 3.8) is 0 Å². The van der Waals surface area contributed by atoms with E-state index in [-0.39, 0.29) is 5.54 Å². The van der Waals surface area contributed by atoms with Crippen molar-refractivity contribution in [2.24, 2.45) is 5.73 Å². The molecule has 2 heteroatoms. The first-order chi connectivity index (χ1) is 4.79. The van der Waals surface area contributed by atoms with Gasteiger partial charge in [-0.05, 0) is 41.7 Å². The summed E-state index contributed by atoms with van der Waals surface area (Å²) >= 11 is 1.75. The summed E-state index contributed by atoms with van der Waals surface area (Å²) in [5.74, 6) is 0. The first kappa shape index (κ1) is 6.38. The van der Waals surface area contributed by atoms with Crippen molar-refractivity contribution >= 4 is 11.3 Å². The van der Waals surface area contributed by atoms with Crippen LogP contribution < -0.4 is 5.73 Å². The Morgan fingerprint density at radius 2 is 2.40 bits per heavy atom. The largest absolute Gasteiger partial charge is 0.325 e. The second kappa shape index (κ2) is 2.07. The van der Waals surface area contributed by atoms with Crippen molar-refractivity contribution < 1.29 is 0 Å². The van der Waals surface area contributed by atoms with Crippen LogP contribution in [0, 0.1) is 0 Å². The Kier molecular flexibility index (Phi) is 1.32. The maximum absolute atomic E-state index is 5.94. The van der Waals surface area contributed by atoms with Crippen molar-refractivity contribution in [3.8, 4) is 0 Å². The van der Waals surface area contributed by atoms with Crippen molar-refractivity contribution in [1.29, 1.82) is 0 Å². The molecule has 0 spiro atoms. The molecule has 1 aromatic rings. The standard InChI is InChI=1S/C8H11NS/c9-8(2-3-8)5-7-1-4-10-6-7/h1,4,6H,2-3,5,9H2. The molecule has 0 radical (unpaired) electrons. The summed E-state index contributed by atoms with van der Waals surface area (Å²) in [4.78, 5) is 0. The van der Waals surface area contributed by atoms with Crippen LogP contribution in [0.2, 0.25) is 0 Å². The molecule has 0 atom stereocenters. The first-order valence-corrected chi connectivity index (χ1v) is 4.53. The average Bonchev–Trinajstić information content (AvgIpc) is 2.47. The fourth-order valence-electron chi connectivity index (χ4n) is 1.14. The quantitative estimate of drug-likeness (QED) is 0.688. The number of hydrogen-bond acceptors (Lipinski definition) is 2. The molecule has 10 heavy (non-hydrogen) atoms. The predicted molar refractivity (Wildman–Crippen MR) is 44.2 cm³/mol. The highest BCUT2D eigenvalue weighted by Crippen LogP contribution is 2.35. The highest BCUT2D eigenvalue weighted by Gasteiger charge is 2.37. The minimum absolute atomic E-state index is 0.182. The molecule has 1 aliphatic carbocycles. The molecule has 0 aliphatic heterocycles. The topological polar surface area (TPSA) is 26.0 Å². The maximum Gasteiger partial charge on any atom is 0.0196 e. The lowest BCUT2D eigenvalue weighted by Gasteiger charge is -2.04. The molecule has 1 heterocycles. The van der Waals surface area contributed by atoms with Crippen molar-refractivity contribution in [1.82, 2.24) is 0 Å². The van der Waals surface area contributed by atoms with Crippen LogP contribution in [0.15, 0.2) is 16.8 Å². The van der Waals surface area contributed by atoms with E-state index < -0.39 is 0 Å². The zero-order valence-corrected chi connectivity index (χ0v) is 6.66. The number of hydrogen-bond donors (Lipinski definition) is 1. The van der Waals surface area contributed by atoms with E-state index in [9.17, 15) is 0 Å². The highest BCUT2D eigenvalue weighted by molar-refractivity contribution is 7.07. The molecule has 54 valence electrons. The van der Waals surface area contributed by atoms with Crippen LogP contribution >= 0.6 is 11.3 Å². The molecular formula is C8H11NS. The van der Waals surface area contributed by atoms with E-state index in [1.54, 1.807) is 11.3 Å². The van der Waals surface area contributed by atoms with E-state index in [1.165, 1.54) is 18.4 Å². The lowest BCUT2D eigenvalue weighted by atomic mass is 10.1. The molecule has 2 N–H and O–H groups in total. The van der Waals surface area contributed by atoms with Crippen molar-refractivity contribution in [2.45, 2.75) is 24.8 Å². The Labute approximate surface area is 64.9 Å². The van der Waals surface area contributed by atoms with Crippen LogP contribution in [0.25, 0.3) is 0 Å². The van der Waals surface area contributed by atoms with E-state index in [4.69, 9.17) is 5.73 Å². The van der Waals surface area contributed by atoms with Gasteiger partial charge in [0.05, 0.1) is 0 Å². The molecule has 0 saturated heterocycles. The monoisotopic (exact) mass is 153 g/mol. The van der Waals surface area contributed by atoms with Crippen LogP contribution in [-0.4, -0.2) is 5.54 Å². The first-order valence-electron chi connectivity index (χ1n) is 3.58. The van der Waals surface area contributed by atoms with Gasteiger partial charge < -0.3 is 5.73 Å². The molecule has 1 aromatic heterocycles. The summed E-state index contributed by atoms with van der Waals surface area (Å²) in [6.07, 6.45) is 3.50. The van der Waals surface area contributed by atoms with Gasteiger partial charge in [0.1, 0.15) is 0 Å². The third-order valence-corrected chi connectivity index (χ3v) is 2.76. The van der Waals surface area contributed by atoms with Gasteiger partial charge >= 0.3 is 0 Å². The second-order valence-electron chi connectivity index (χ2n) is 3.17. The summed E-state index contributed by atoms with van der Waals surface area (Å²) in [7, 11) is 0. The van der Waals surface area contributed by atoms with Gasteiger partial charge in [0, 0.05) is 5.54 Å². The SMILES string of the molecule is NC1(Cc2ccsc2)CC1. The maximum atomic E-state index is 5.94. The fraction of sp³-hybridized carbons (Fsp3) is 0.500. The van der Waals surface area contributed by atoms with Gasteiger partial charge in [0.15, 0.2) is 0 Å². The smallest absolute Gasteiger partial charge is 0.0196 e. The lowest BCUT2D eigenvalue weighted by molar-refractivity contribution is 0.674. The van der Waals surface area contributed by atoms with Crippen LogP contribution in [-0.2, 0) is 6.42 Å². The molecule has 0 unspecified atom stereocenters. The molecule has 1 aliphatic rings. The molecule has 2 rings (SSSR count). The highest BCUT2D eigenvalue weighted by atomic mass is 32.1. The van der Waals surface area contributed by atoms with Crippen molar-refractivity contribution in [3.05, 3.63) is 22.4 Å². The lowest BCUT2D eigenvalue weighted by Crippen LogP contribution is -2.24. The van der Waals surface area contributed by atoms with Crippen LogP contribution in [0.3, 0.4) is 0 Å². The van der Waals surface area contributed by atoms with Crippen LogP contribution in [0.5, 0.6) is 0 Å². The van der Waals surface area contributed by atoms with Gasteiger partial charge in [0.2, 0.25) is 0 Å². The Balaban J connectivity index is 2.04. The normalized spacial score (nSPS) is 20.9. The zero-order chi connectivity index (χ0) is 7.03. The minimum atomic E-state index is 0.182. The summed E-state index contributed by atoms with van der Waals surface area (Å²) < 4.78 is 0. The van der Waals surface area contributed by atoms with Crippen LogP contribution in [0.1, 0.15) is 18.4 Å². The Morgan fingerprint density at radius 1 is 1.60 bits per heavy atom. The van der Waals surface area contributed by atoms with Gasteiger partial charge in [-0.1, -0.05) is 0 Å². The van der Waals surface area contributed by atoms with Gasteiger partial charge in [0.25, 0.3) is 0 Å². The van der Waals surface area contributed by atoms with E-state index in [2.05, 4.69) is 16.8 Å². The second-order valence-corrected chi connectivity index (χ2v) is 3.95. The summed E-state index contributed by atoms with van der Waals surface area (Å²) in [6.45, 7) is 0. The van der Waals surface area contributed by atoms with E-state index in [0.29, 0.717) is 0 Å². The molecule has 0 amide bonds. The number of rotatable bonds is 2. The summed E-state index contributed by atoms with van der Waals surface area (Å²) in [6, 6.07) is 2.16. The molecule has 0 bridgehead atoms. The Hall–Kier alpha value is -0.340. The number of nitrogens with two attached hydrogens (primary N) is 1. The summed E-state index contributed by atoms with van der Waals surface area (Å²) in [5.41, 5.74) is 7.53. The predicted octanol–water partition coefficient (Wildman–Crippen LogP) is 1.78. The Morgan fingerprint density at radius 3 is 2.90 bits per heavy atom. The van der Waals surface area contributed by atoms with Gasteiger partial charge in [-0.3, -0.25) is 0 Å². The molecular weight excluding hydrogens is 142 g/mol. The fourth-order valence-corrected chi connectivity index (χ4v) is 1.81. The van der Waals surface area contributed by atoms with Gasteiger partial charge in [-0.25, -0.2) is 0 Å². The van der Waals surface area contributed by atoms with Crippen LogP contribution in [0.4, 0.5) is 0 Å². The van der Waals surface area contributed by atoms with Gasteiger partial charge in [-0.15, -0.1) is 0 Å². The van der Waals surface area contributed by atoms with Crippen molar-refractivity contribution in [2.75, 3.05) is 0 Å². The molecule has 1 fully saturated rings. The molecule has 0 aromatic carbocycles. The molecule has 1 nitrogen and oxygen atoms in total. The third kappa shape index (κ3) is 1.22. The van der Waals surface area contributed by atoms with E-state index >= 15 is 0 Å².